The van der Waals surface area contributed by atoms with E-state index in [1.165, 1.54) is 7.05 Å². The predicted molar refractivity (Wildman–Crippen MR) is 90.4 cm³/mol. The zero-order chi connectivity index (χ0) is 18.9. The zero-order valence-electron chi connectivity index (χ0n) is 13.6. The minimum atomic E-state index is -4.60. The summed E-state index contributed by atoms with van der Waals surface area (Å²) < 4.78 is 39.2. The molecule has 0 unspecified atom stereocenters. The van der Waals surface area contributed by atoms with Gasteiger partial charge in [-0.3, -0.25) is 4.79 Å². The monoisotopic (exact) mass is 358 g/mol. The van der Waals surface area contributed by atoms with Gasteiger partial charge in [0.05, 0.1) is 22.9 Å². The van der Waals surface area contributed by atoms with Crippen molar-refractivity contribution in [2.45, 2.75) is 12.6 Å². The number of hydrogen-bond donors (Lipinski definition) is 2. The molecule has 1 heterocycles. The summed E-state index contributed by atoms with van der Waals surface area (Å²) in [4.78, 5) is 15.9. The maximum atomic E-state index is 13.1. The van der Waals surface area contributed by atoms with Crippen molar-refractivity contribution < 1.29 is 18.0 Å². The second-order valence-electron chi connectivity index (χ2n) is 5.66. The van der Waals surface area contributed by atoms with Crippen molar-refractivity contribution in [3.05, 3.63) is 58.7 Å². The van der Waals surface area contributed by atoms with Crippen LogP contribution in [0.4, 0.5) is 24.5 Å². The van der Waals surface area contributed by atoms with Gasteiger partial charge in [-0.1, -0.05) is 6.07 Å². The molecule has 2 N–H and O–H groups in total. The van der Waals surface area contributed by atoms with Crippen LogP contribution in [0.1, 0.15) is 27.0 Å². The topological polar surface area (TPSA) is 77.3 Å². The third-order valence-electron chi connectivity index (χ3n) is 3.90. The highest BCUT2D eigenvalue weighted by atomic mass is 19.4. The molecule has 0 atom stereocenters. The van der Waals surface area contributed by atoms with Crippen LogP contribution in [-0.2, 0) is 12.6 Å². The number of fused-ring (bicyclic) bond motifs is 1. The Labute approximate surface area is 147 Å². The fraction of sp³-hybridized carbons (Fsp3) is 0.167. The molecule has 8 heteroatoms. The number of nitrogens with one attached hydrogen (secondary N) is 2. The zero-order valence-corrected chi connectivity index (χ0v) is 13.6. The number of nitriles is 1. The lowest BCUT2D eigenvalue weighted by molar-refractivity contribution is -0.137. The smallest absolute Gasteiger partial charge is 0.355 e. The highest BCUT2D eigenvalue weighted by molar-refractivity contribution is 6.03. The summed E-state index contributed by atoms with van der Waals surface area (Å²) in [6.45, 7) is 0. The highest BCUT2D eigenvalue weighted by Gasteiger charge is 2.35. The van der Waals surface area contributed by atoms with E-state index in [2.05, 4.69) is 15.6 Å². The number of hydrogen-bond acceptors (Lipinski definition) is 4. The maximum Gasteiger partial charge on any atom is 0.417 e. The van der Waals surface area contributed by atoms with Gasteiger partial charge < -0.3 is 10.6 Å². The van der Waals surface area contributed by atoms with Gasteiger partial charge in [0.15, 0.2) is 0 Å². The molecule has 1 amide bonds. The van der Waals surface area contributed by atoms with Crippen molar-refractivity contribution in [3.63, 3.8) is 0 Å². The van der Waals surface area contributed by atoms with E-state index < -0.39 is 17.3 Å². The SMILES string of the molecule is CNC(=O)c1cccc(NC2=Nc3cc(C#N)c(C(F)(F)F)cc3C2)c1. The quantitative estimate of drug-likeness (QED) is 0.861. The van der Waals surface area contributed by atoms with Crippen molar-refractivity contribution in [3.8, 4) is 6.07 Å². The molecule has 3 rings (SSSR count). The summed E-state index contributed by atoms with van der Waals surface area (Å²) in [5.41, 5.74) is 0.342. The van der Waals surface area contributed by atoms with Crippen LogP contribution in [0.3, 0.4) is 0 Å². The summed E-state index contributed by atoms with van der Waals surface area (Å²) in [7, 11) is 1.52. The van der Waals surface area contributed by atoms with E-state index in [9.17, 15) is 18.0 Å². The number of amides is 1. The van der Waals surface area contributed by atoms with Crippen molar-refractivity contribution in [1.82, 2.24) is 5.32 Å². The summed E-state index contributed by atoms with van der Waals surface area (Å²) in [6.07, 6.45) is -4.42. The van der Waals surface area contributed by atoms with Crippen LogP contribution in [0.2, 0.25) is 0 Å². The third kappa shape index (κ3) is 3.37. The second-order valence-corrected chi connectivity index (χ2v) is 5.66. The Morgan fingerprint density at radius 2 is 2.04 bits per heavy atom. The minimum absolute atomic E-state index is 0.175. The lowest BCUT2D eigenvalue weighted by atomic mass is 10.0. The Morgan fingerprint density at radius 1 is 1.27 bits per heavy atom. The molecule has 5 nitrogen and oxygen atoms in total. The Bertz CT molecular complexity index is 958. The molecule has 26 heavy (non-hydrogen) atoms. The normalized spacial score (nSPS) is 12.8. The van der Waals surface area contributed by atoms with Gasteiger partial charge in [-0.15, -0.1) is 0 Å². The molecule has 0 fully saturated rings. The molecule has 0 saturated heterocycles. The van der Waals surface area contributed by atoms with Crippen LogP contribution in [0.5, 0.6) is 0 Å². The van der Waals surface area contributed by atoms with Crippen molar-refractivity contribution >= 4 is 23.1 Å². The summed E-state index contributed by atoms with van der Waals surface area (Å²) in [6, 6.07) is 10.3. The first kappa shape index (κ1) is 17.5. The number of aliphatic imine (C=N–C) groups is 1. The van der Waals surface area contributed by atoms with E-state index >= 15 is 0 Å². The number of alkyl halides is 3. The van der Waals surface area contributed by atoms with E-state index in [4.69, 9.17) is 5.26 Å². The number of amidine groups is 1. The molecule has 132 valence electrons. The van der Waals surface area contributed by atoms with Gasteiger partial charge in [0.25, 0.3) is 5.91 Å². The van der Waals surface area contributed by atoms with Crippen molar-refractivity contribution in [2.24, 2.45) is 4.99 Å². The second kappa shape index (κ2) is 6.52. The molecule has 0 aliphatic carbocycles. The van der Waals surface area contributed by atoms with Crippen molar-refractivity contribution in [1.29, 1.82) is 5.26 Å². The molecule has 0 bridgehead atoms. The number of halogens is 3. The first-order valence-corrected chi connectivity index (χ1v) is 7.63. The molecule has 1 aliphatic rings. The standard InChI is InChI=1S/C18H13F3N4O/c1-23-17(26)10-3-2-4-13(5-10)24-16-8-11-6-14(18(19,20)21)12(9-22)7-15(11)25-16/h2-7H,8H2,1H3,(H,23,26)(H,24,25). The highest BCUT2D eigenvalue weighted by Crippen LogP contribution is 2.38. The third-order valence-corrected chi connectivity index (χ3v) is 3.90. The number of rotatable bonds is 2. The Hall–Kier alpha value is -3.34. The van der Waals surface area contributed by atoms with E-state index in [-0.39, 0.29) is 12.3 Å². The minimum Gasteiger partial charge on any atom is -0.355 e. The van der Waals surface area contributed by atoms with Crippen LogP contribution in [0, 0.1) is 11.3 Å². The molecule has 2 aromatic carbocycles. The molecule has 0 aromatic heterocycles. The van der Waals surface area contributed by atoms with Crippen molar-refractivity contribution in [2.75, 3.05) is 12.4 Å². The molecule has 0 saturated carbocycles. The van der Waals surface area contributed by atoms with Gasteiger partial charge in [-0.2, -0.15) is 18.4 Å². The maximum absolute atomic E-state index is 13.1. The molecule has 2 aromatic rings. The average Bonchev–Trinajstić information content (AvgIpc) is 3.00. The van der Waals surface area contributed by atoms with Gasteiger partial charge in [-0.05, 0) is 35.9 Å². The average molecular weight is 358 g/mol. The number of anilines is 1. The summed E-state index contributed by atoms with van der Waals surface area (Å²) in [5.74, 6) is 0.191. The largest absolute Gasteiger partial charge is 0.417 e. The molecular weight excluding hydrogens is 345 g/mol. The fourth-order valence-corrected chi connectivity index (χ4v) is 2.69. The first-order chi connectivity index (χ1) is 12.3. The Kier molecular flexibility index (Phi) is 4.38. The van der Waals surface area contributed by atoms with Gasteiger partial charge in [-0.25, -0.2) is 4.99 Å². The van der Waals surface area contributed by atoms with E-state index in [1.807, 2.05) is 0 Å². The summed E-state index contributed by atoms with van der Waals surface area (Å²) in [5, 5.41) is 14.5. The van der Waals surface area contributed by atoms with Gasteiger partial charge in [0, 0.05) is 24.7 Å². The lowest BCUT2D eigenvalue weighted by Gasteiger charge is -2.10. The Balaban J connectivity index is 1.87. The summed E-state index contributed by atoms with van der Waals surface area (Å²) >= 11 is 0. The van der Waals surface area contributed by atoms with Gasteiger partial charge in [0.2, 0.25) is 0 Å². The number of carbonyl (C=O) groups excluding carboxylic acids is 1. The fourth-order valence-electron chi connectivity index (χ4n) is 2.69. The first-order valence-electron chi connectivity index (χ1n) is 7.63. The number of carbonyl (C=O) groups is 1. The van der Waals surface area contributed by atoms with Crippen LogP contribution in [0.15, 0.2) is 41.4 Å². The Morgan fingerprint density at radius 3 is 2.69 bits per heavy atom. The predicted octanol–water partition coefficient (Wildman–Crippen LogP) is 3.63. The molecular formula is C18H13F3N4O. The van der Waals surface area contributed by atoms with Gasteiger partial charge in [0.1, 0.15) is 5.84 Å². The van der Waals surface area contributed by atoms with Crippen LogP contribution in [-0.4, -0.2) is 18.8 Å². The number of benzene rings is 2. The molecule has 0 radical (unpaired) electrons. The molecule has 0 spiro atoms. The van der Waals surface area contributed by atoms with Gasteiger partial charge >= 0.3 is 6.18 Å². The van der Waals surface area contributed by atoms with E-state index in [0.717, 1.165) is 12.1 Å². The van der Waals surface area contributed by atoms with Crippen LogP contribution in [0.25, 0.3) is 0 Å². The van der Waals surface area contributed by atoms with E-state index in [1.54, 1.807) is 30.3 Å². The van der Waals surface area contributed by atoms with Crippen LogP contribution >= 0.6 is 0 Å². The molecule has 1 aliphatic heterocycles. The lowest BCUT2D eigenvalue weighted by Crippen LogP contribution is -2.18. The number of nitrogens with zero attached hydrogens (tertiary/aromatic N) is 2. The van der Waals surface area contributed by atoms with E-state index in [0.29, 0.717) is 28.3 Å². The van der Waals surface area contributed by atoms with Crippen LogP contribution < -0.4 is 10.6 Å².